The van der Waals surface area contributed by atoms with Gasteiger partial charge < -0.3 is 30.6 Å². The number of hydrogen-bond acceptors (Lipinski definition) is 6. The molecule has 1 aromatic rings. The summed E-state index contributed by atoms with van der Waals surface area (Å²) in [6.45, 7) is 0.824. The van der Waals surface area contributed by atoms with E-state index in [1.54, 1.807) is 24.3 Å². The van der Waals surface area contributed by atoms with Crippen LogP contribution in [0.1, 0.15) is 25.7 Å². The molecule has 162 valence electrons. The predicted molar refractivity (Wildman–Crippen MR) is 108 cm³/mol. The van der Waals surface area contributed by atoms with Crippen LogP contribution >= 0.6 is 0 Å². The molecule has 10 nitrogen and oxygen atoms in total. The molecule has 10 heteroatoms. The number of carboxylic acids is 2. The lowest BCUT2D eigenvalue weighted by Crippen LogP contribution is -2.43. The number of benzene rings is 1. The predicted octanol–water partition coefficient (Wildman–Crippen LogP) is 0.662. The maximum Gasteiger partial charge on any atom is 0.326 e. The SMILES string of the molecule is O=C(O)[C@H]1CCCN1C(=O)CNc1cccc(NCC(=O)N2CCC[C@@H]2C(=O)O)c1. The molecule has 2 heterocycles. The highest BCUT2D eigenvalue weighted by molar-refractivity contribution is 5.88. The minimum absolute atomic E-state index is 0.0275. The summed E-state index contributed by atoms with van der Waals surface area (Å²) in [5.74, 6) is -2.52. The Morgan fingerprint density at radius 1 is 0.833 bits per heavy atom. The van der Waals surface area contributed by atoms with Crippen LogP contribution < -0.4 is 10.6 Å². The van der Waals surface area contributed by atoms with E-state index in [1.165, 1.54) is 9.80 Å². The van der Waals surface area contributed by atoms with Crippen molar-refractivity contribution in [3.8, 4) is 0 Å². The molecule has 0 aromatic heterocycles. The first kappa shape index (κ1) is 21.4. The normalized spacial score (nSPS) is 20.8. The van der Waals surface area contributed by atoms with Crippen LogP contribution in [0, 0.1) is 0 Å². The zero-order chi connectivity index (χ0) is 21.7. The van der Waals surface area contributed by atoms with Gasteiger partial charge in [0.2, 0.25) is 11.8 Å². The monoisotopic (exact) mass is 418 g/mol. The lowest BCUT2D eigenvalue weighted by Gasteiger charge is -2.22. The standard InChI is InChI=1S/C20H26N4O6/c25-17(23-8-2-6-15(23)19(27)28)11-21-13-4-1-5-14(10-13)22-12-18(26)24-9-3-7-16(24)20(29)30/h1,4-5,10,15-16,21-22H,2-3,6-9,11-12H2,(H,27,28)(H,29,30)/t15-,16-/m1/s1. The van der Waals surface area contributed by atoms with Gasteiger partial charge in [-0.15, -0.1) is 0 Å². The fourth-order valence-electron chi connectivity index (χ4n) is 3.94. The summed E-state index contributed by atoms with van der Waals surface area (Å²) in [6.07, 6.45) is 2.29. The first-order chi connectivity index (χ1) is 14.4. The first-order valence-electron chi connectivity index (χ1n) is 9.99. The fourth-order valence-corrected chi connectivity index (χ4v) is 3.94. The second kappa shape index (κ2) is 9.47. The summed E-state index contributed by atoms with van der Waals surface area (Å²) in [4.78, 5) is 49.9. The molecule has 0 bridgehead atoms. The van der Waals surface area contributed by atoms with E-state index in [0.29, 0.717) is 50.1 Å². The molecule has 2 fully saturated rings. The van der Waals surface area contributed by atoms with Crippen LogP contribution in [0.5, 0.6) is 0 Å². The highest BCUT2D eigenvalue weighted by Crippen LogP contribution is 2.20. The number of nitrogens with zero attached hydrogens (tertiary/aromatic N) is 2. The highest BCUT2D eigenvalue weighted by Gasteiger charge is 2.34. The van der Waals surface area contributed by atoms with Gasteiger partial charge in [0.15, 0.2) is 0 Å². The number of anilines is 2. The molecule has 0 spiro atoms. The second-order valence-corrected chi connectivity index (χ2v) is 7.45. The van der Waals surface area contributed by atoms with Crippen LogP contribution in [0.4, 0.5) is 11.4 Å². The third-order valence-electron chi connectivity index (χ3n) is 5.47. The third kappa shape index (κ3) is 5.00. The van der Waals surface area contributed by atoms with Crippen molar-refractivity contribution in [2.24, 2.45) is 0 Å². The smallest absolute Gasteiger partial charge is 0.326 e. The average molecular weight is 418 g/mol. The van der Waals surface area contributed by atoms with E-state index >= 15 is 0 Å². The number of carboxylic acid groups (broad SMARTS) is 2. The minimum atomic E-state index is -0.986. The number of rotatable bonds is 8. The number of nitrogens with one attached hydrogen (secondary N) is 2. The molecule has 2 saturated heterocycles. The summed E-state index contributed by atoms with van der Waals surface area (Å²) in [6, 6.07) is 5.49. The van der Waals surface area contributed by atoms with Gasteiger partial charge in [0.05, 0.1) is 13.1 Å². The van der Waals surface area contributed by atoms with E-state index in [9.17, 15) is 29.4 Å². The van der Waals surface area contributed by atoms with Crippen molar-refractivity contribution in [1.29, 1.82) is 0 Å². The molecule has 1 aromatic carbocycles. The molecule has 2 aliphatic rings. The Labute approximate surface area is 173 Å². The van der Waals surface area contributed by atoms with Gasteiger partial charge in [-0.1, -0.05) is 6.07 Å². The van der Waals surface area contributed by atoms with Gasteiger partial charge in [-0.2, -0.15) is 0 Å². The second-order valence-electron chi connectivity index (χ2n) is 7.45. The fraction of sp³-hybridized carbons (Fsp3) is 0.500. The van der Waals surface area contributed by atoms with Crippen molar-refractivity contribution in [2.75, 3.05) is 36.8 Å². The van der Waals surface area contributed by atoms with Crippen LogP contribution in [0.3, 0.4) is 0 Å². The van der Waals surface area contributed by atoms with Crippen molar-refractivity contribution in [3.05, 3.63) is 24.3 Å². The molecule has 0 aliphatic carbocycles. The molecule has 0 unspecified atom stereocenters. The van der Waals surface area contributed by atoms with Crippen LogP contribution in [-0.2, 0) is 19.2 Å². The van der Waals surface area contributed by atoms with Gasteiger partial charge >= 0.3 is 11.9 Å². The van der Waals surface area contributed by atoms with E-state index in [0.717, 1.165) is 0 Å². The molecule has 2 amide bonds. The van der Waals surface area contributed by atoms with Crippen molar-refractivity contribution < 1.29 is 29.4 Å². The van der Waals surface area contributed by atoms with Crippen LogP contribution in [0.15, 0.2) is 24.3 Å². The number of likely N-dealkylation sites (tertiary alicyclic amines) is 2. The lowest BCUT2D eigenvalue weighted by molar-refractivity contribution is -0.147. The molecule has 0 radical (unpaired) electrons. The summed E-state index contributed by atoms with van der Waals surface area (Å²) in [5.41, 5.74) is 1.30. The molecule has 3 rings (SSSR count). The Kier molecular flexibility index (Phi) is 6.76. The van der Waals surface area contributed by atoms with Gasteiger partial charge in [-0.3, -0.25) is 9.59 Å². The summed E-state index contributed by atoms with van der Waals surface area (Å²) in [5, 5.41) is 24.4. The Hall–Kier alpha value is -3.30. The van der Waals surface area contributed by atoms with Gasteiger partial charge in [0.1, 0.15) is 12.1 Å². The Morgan fingerprint density at radius 2 is 1.27 bits per heavy atom. The number of aliphatic carboxylic acids is 2. The quantitative estimate of drug-likeness (QED) is 0.483. The Balaban J connectivity index is 1.51. The maximum absolute atomic E-state index is 12.4. The molecule has 2 aliphatic heterocycles. The van der Waals surface area contributed by atoms with Crippen molar-refractivity contribution in [3.63, 3.8) is 0 Å². The minimum Gasteiger partial charge on any atom is -0.480 e. The Morgan fingerprint density at radius 3 is 1.67 bits per heavy atom. The summed E-state index contributed by atoms with van der Waals surface area (Å²) >= 11 is 0. The van der Waals surface area contributed by atoms with E-state index in [1.807, 2.05) is 0 Å². The molecule has 2 atom stereocenters. The highest BCUT2D eigenvalue weighted by atomic mass is 16.4. The van der Waals surface area contributed by atoms with Crippen LogP contribution in [-0.4, -0.2) is 82.0 Å². The molecular formula is C20H26N4O6. The molecule has 0 saturated carbocycles. The lowest BCUT2D eigenvalue weighted by atomic mass is 10.2. The Bertz CT molecular complexity index is 766. The zero-order valence-electron chi connectivity index (χ0n) is 16.5. The van der Waals surface area contributed by atoms with Gasteiger partial charge in [0.25, 0.3) is 0 Å². The van der Waals surface area contributed by atoms with Crippen LogP contribution in [0.2, 0.25) is 0 Å². The summed E-state index contributed by atoms with van der Waals surface area (Å²) < 4.78 is 0. The zero-order valence-corrected chi connectivity index (χ0v) is 16.5. The van der Waals surface area contributed by atoms with Crippen molar-refractivity contribution >= 4 is 35.1 Å². The molecular weight excluding hydrogens is 392 g/mol. The average Bonchev–Trinajstić information content (AvgIpc) is 3.40. The van der Waals surface area contributed by atoms with Crippen molar-refractivity contribution in [1.82, 2.24) is 9.80 Å². The van der Waals surface area contributed by atoms with Crippen LogP contribution in [0.25, 0.3) is 0 Å². The third-order valence-corrected chi connectivity index (χ3v) is 5.47. The number of amides is 2. The van der Waals surface area contributed by atoms with E-state index in [4.69, 9.17) is 0 Å². The topological polar surface area (TPSA) is 139 Å². The number of carbonyl (C=O) groups excluding carboxylic acids is 2. The first-order valence-corrected chi connectivity index (χ1v) is 9.99. The van der Waals surface area contributed by atoms with Gasteiger partial charge in [-0.05, 0) is 43.9 Å². The molecule has 30 heavy (non-hydrogen) atoms. The van der Waals surface area contributed by atoms with Gasteiger partial charge in [-0.25, -0.2) is 9.59 Å². The van der Waals surface area contributed by atoms with Crippen molar-refractivity contribution in [2.45, 2.75) is 37.8 Å². The van der Waals surface area contributed by atoms with E-state index in [2.05, 4.69) is 10.6 Å². The number of carbonyl (C=O) groups is 4. The number of hydrogen-bond donors (Lipinski definition) is 4. The van der Waals surface area contributed by atoms with E-state index in [-0.39, 0.29) is 24.9 Å². The maximum atomic E-state index is 12.4. The molecule has 4 N–H and O–H groups in total. The largest absolute Gasteiger partial charge is 0.480 e. The van der Waals surface area contributed by atoms with Gasteiger partial charge in [0, 0.05) is 24.5 Å². The van der Waals surface area contributed by atoms with E-state index < -0.39 is 24.0 Å². The summed E-state index contributed by atoms with van der Waals surface area (Å²) in [7, 11) is 0.